The predicted octanol–water partition coefficient (Wildman–Crippen LogP) is 2.04. The third-order valence-corrected chi connectivity index (χ3v) is 1.55. The van der Waals surface area contributed by atoms with Crippen LogP contribution in [0.3, 0.4) is 0 Å². The maximum absolute atomic E-state index is 10.6. The van der Waals surface area contributed by atoms with Crippen molar-refractivity contribution in [3.8, 4) is 0 Å². The normalized spacial score (nSPS) is 10.6. The molecule has 2 heteroatoms. The van der Waals surface area contributed by atoms with Crippen LogP contribution in [0.25, 0.3) is 0 Å². The summed E-state index contributed by atoms with van der Waals surface area (Å²) in [5, 5.41) is 0. The second kappa shape index (κ2) is 2.94. The highest BCUT2D eigenvalue weighted by Crippen LogP contribution is 2.20. The molecule has 0 radical (unpaired) electrons. The number of hydrogen-bond donors (Lipinski definition) is 0. The van der Waals surface area contributed by atoms with E-state index < -0.39 is 0 Å². The van der Waals surface area contributed by atoms with Crippen molar-refractivity contribution in [2.24, 2.45) is 0 Å². The Morgan fingerprint density at radius 3 is 2.67 bits per heavy atom. The van der Waals surface area contributed by atoms with Crippen molar-refractivity contribution in [3.05, 3.63) is 29.6 Å². The minimum atomic E-state index is -0.109. The Balaban J connectivity index is 0.00000144. The lowest BCUT2D eigenvalue weighted by Crippen LogP contribution is -2.15. The van der Waals surface area contributed by atoms with E-state index in [1.807, 2.05) is 20.8 Å². The lowest BCUT2D eigenvalue weighted by atomic mass is 9.89. The highest BCUT2D eigenvalue weighted by molar-refractivity contribution is 5.75. The number of aromatic nitrogens is 1. The van der Waals surface area contributed by atoms with Gasteiger partial charge in [0.05, 0.1) is 17.5 Å². The average Bonchev–Trinajstić information content (AvgIpc) is 2.03. The Morgan fingerprint density at radius 1 is 1.58 bits per heavy atom. The zero-order chi connectivity index (χ0) is 9.19. The number of hydrogen-bond acceptors (Lipinski definition) is 2. The van der Waals surface area contributed by atoms with Crippen LogP contribution in [0.15, 0.2) is 6.20 Å². The summed E-state index contributed by atoms with van der Waals surface area (Å²) in [7, 11) is 0. The fourth-order valence-electron chi connectivity index (χ4n) is 1.02. The maximum atomic E-state index is 10.6. The van der Waals surface area contributed by atoms with Crippen LogP contribution in [0.5, 0.6) is 0 Å². The van der Waals surface area contributed by atoms with Crippen LogP contribution in [-0.2, 0) is 5.41 Å². The summed E-state index contributed by atoms with van der Waals surface area (Å²) in [5.41, 5.74) is 1.17. The first-order chi connectivity index (χ1) is 5.55. The molecule has 2 nitrogen and oxygen atoms in total. The van der Waals surface area contributed by atoms with Crippen molar-refractivity contribution in [1.29, 1.82) is 0 Å². The predicted molar refractivity (Wildman–Crippen MR) is 48.1 cm³/mol. The highest BCUT2D eigenvalue weighted by Gasteiger charge is 2.18. The summed E-state index contributed by atoms with van der Waals surface area (Å²) in [6.07, 6.45) is 2.30. The molecule has 1 heterocycles. The zero-order valence-corrected chi connectivity index (χ0v) is 7.51. The molecule has 64 valence electrons. The largest absolute Gasteiger partial charge is 0.297 e. The first kappa shape index (κ1) is 8.73. The van der Waals surface area contributed by atoms with Crippen molar-refractivity contribution < 1.29 is 6.22 Å². The molecule has 1 aromatic rings. The van der Waals surface area contributed by atoms with E-state index in [4.69, 9.17) is 0 Å². The van der Waals surface area contributed by atoms with Gasteiger partial charge in [-0.2, -0.15) is 0 Å². The van der Waals surface area contributed by atoms with Crippen molar-refractivity contribution in [2.45, 2.75) is 26.2 Å². The van der Waals surface area contributed by atoms with E-state index in [9.17, 15) is 4.79 Å². The van der Waals surface area contributed by atoms with Gasteiger partial charge in [0.25, 0.3) is 0 Å². The van der Waals surface area contributed by atoms with Crippen LogP contribution in [-0.4, -0.2) is 11.3 Å². The fourth-order valence-corrected chi connectivity index (χ4v) is 1.02. The molecule has 0 aliphatic heterocycles. The van der Waals surface area contributed by atoms with E-state index in [0.717, 1.165) is 12.0 Å². The minimum absolute atomic E-state index is 0. The molecule has 0 aromatic carbocycles. The summed E-state index contributed by atoms with van der Waals surface area (Å²) in [6, 6.07) is 5.39. The van der Waals surface area contributed by atoms with E-state index in [0.29, 0.717) is 5.56 Å². The minimum Gasteiger partial charge on any atom is -0.297 e. The topological polar surface area (TPSA) is 30.0 Å². The van der Waals surface area contributed by atoms with Gasteiger partial charge in [-0.15, -0.1) is 0 Å². The quantitative estimate of drug-likeness (QED) is 0.593. The molecular formula is C10H13NO. The van der Waals surface area contributed by atoms with Crippen molar-refractivity contribution in [2.75, 3.05) is 0 Å². The average molecular weight is 163 g/mol. The summed E-state index contributed by atoms with van der Waals surface area (Å²) in [5.74, 6) is 0. The van der Waals surface area contributed by atoms with Gasteiger partial charge in [0.2, 0.25) is 0 Å². The van der Waals surface area contributed by atoms with Crippen LogP contribution < -0.4 is 0 Å². The zero-order valence-electron chi connectivity index (χ0n) is 7.51. The molecule has 12 heavy (non-hydrogen) atoms. The van der Waals surface area contributed by atoms with Gasteiger partial charge in [0.1, 0.15) is 0 Å². The molecule has 1 rings (SSSR count). The molecule has 1 aromatic heterocycles. The molecule has 0 amide bonds. The third kappa shape index (κ3) is 1.62. The lowest BCUT2D eigenvalue weighted by molar-refractivity contribution is 0.112. The summed E-state index contributed by atoms with van der Waals surface area (Å²) in [6.45, 7) is 6.03. The first-order valence-corrected chi connectivity index (χ1v) is 3.79. The van der Waals surface area contributed by atoms with Gasteiger partial charge in [0.15, 0.2) is 6.29 Å². The molecule has 0 saturated carbocycles. The third-order valence-electron chi connectivity index (χ3n) is 1.55. The fraction of sp³-hybridized carbons (Fsp3) is 0.400. The van der Waals surface area contributed by atoms with Crippen LogP contribution in [0.4, 0.5) is 0 Å². The Hall–Kier alpha value is -1.36. The van der Waals surface area contributed by atoms with Gasteiger partial charge < -0.3 is 0 Å². The number of aldehydes is 1. The standard InChI is InChI=1S/C10H11NO.H2/c1-10(2,3)9-8(7-12)5-4-6-11-9;/h6-7H,1-3H3;1H. The van der Waals surface area contributed by atoms with Crippen molar-refractivity contribution in [3.63, 3.8) is 0 Å². The van der Waals surface area contributed by atoms with Crippen molar-refractivity contribution >= 4 is 6.29 Å². The highest BCUT2D eigenvalue weighted by atomic mass is 16.1. The second-order valence-electron chi connectivity index (χ2n) is 3.66. The Labute approximate surface area is 74.1 Å². The van der Waals surface area contributed by atoms with E-state index >= 15 is 0 Å². The van der Waals surface area contributed by atoms with Gasteiger partial charge in [-0.05, 0) is 6.07 Å². The molecule has 0 aliphatic rings. The molecular weight excluding hydrogens is 150 g/mol. The van der Waals surface area contributed by atoms with Gasteiger partial charge >= 0.3 is 0 Å². The van der Waals surface area contributed by atoms with E-state index in [1.165, 1.54) is 6.20 Å². The Bertz CT molecular complexity index is 291. The summed E-state index contributed by atoms with van der Waals surface area (Å²) >= 11 is 0. The Morgan fingerprint density at radius 2 is 2.25 bits per heavy atom. The van der Waals surface area contributed by atoms with Gasteiger partial charge in [-0.25, -0.2) is 0 Å². The number of carbonyl (C=O) groups is 1. The van der Waals surface area contributed by atoms with Crippen LogP contribution in [0.1, 0.15) is 38.2 Å². The van der Waals surface area contributed by atoms with E-state index in [2.05, 4.69) is 17.1 Å². The van der Waals surface area contributed by atoms with Gasteiger partial charge in [-0.1, -0.05) is 26.8 Å². The second-order valence-corrected chi connectivity index (χ2v) is 3.66. The van der Waals surface area contributed by atoms with Crippen LogP contribution in [0, 0.1) is 12.1 Å². The Kier molecular flexibility index (Phi) is 2.14. The summed E-state index contributed by atoms with van der Waals surface area (Å²) in [4.78, 5) is 14.7. The number of nitrogens with zero attached hydrogens (tertiary/aromatic N) is 1. The van der Waals surface area contributed by atoms with E-state index in [-0.39, 0.29) is 6.84 Å². The molecule has 0 N–H and O–H groups in total. The van der Waals surface area contributed by atoms with Crippen LogP contribution >= 0.6 is 0 Å². The maximum Gasteiger partial charge on any atom is 0.160 e. The van der Waals surface area contributed by atoms with Crippen LogP contribution in [0.2, 0.25) is 0 Å². The molecule has 0 atom stereocenters. The molecule has 0 unspecified atom stereocenters. The molecule has 0 fully saturated rings. The molecule has 0 bridgehead atoms. The molecule has 0 aliphatic carbocycles. The number of rotatable bonds is 1. The molecule has 0 saturated heterocycles. The monoisotopic (exact) mass is 163 g/mol. The van der Waals surface area contributed by atoms with Gasteiger partial charge in [0, 0.05) is 6.84 Å². The van der Waals surface area contributed by atoms with E-state index in [1.54, 1.807) is 0 Å². The lowest BCUT2D eigenvalue weighted by Gasteiger charge is -2.17. The summed E-state index contributed by atoms with van der Waals surface area (Å²) < 4.78 is 0. The number of carbonyl (C=O) groups excluding carboxylic acids is 1. The molecule has 0 spiro atoms. The van der Waals surface area contributed by atoms with Gasteiger partial charge in [-0.3, -0.25) is 9.78 Å². The van der Waals surface area contributed by atoms with Crippen molar-refractivity contribution in [1.82, 2.24) is 4.98 Å². The SMILES string of the molecule is CC(C)(C)c1ncc#cc1C=O.[HH]. The smallest absolute Gasteiger partial charge is 0.160 e. The first-order valence-electron chi connectivity index (χ1n) is 3.79.